The Bertz CT molecular complexity index is 1410. The molecule has 0 amide bonds. The number of nitrogens with zero attached hydrogens (tertiary/aromatic N) is 6. The van der Waals surface area contributed by atoms with Gasteiger partial charge in [-0.05, 0) is 54.0 Å². The third kappa shape index (κ3) is 4.98. The molecule has 0 saturated carbocycles. The Balaban J connectivity index is 1.49. The number of halogens is 1. The van der Waals surface area contributed by atoms with E-state index in [4.69, 9.17) is 5.10 Å². The van der Waals surface area contributed by atoms with Crippen LogP contribution in [0.15, 0.2) is 88.5 Å². The van der Waals surface area contributed by atoms with Crippen molar-refractivity contribution in [3.8, 4) is 17.1 Å². The monoisotopic (exact) mass is 530 g/mol. The summed E-state index contributed by atoms with van der Waals surface area (Å²) in [6, 6.07) is 25.0. The quantitative estimate of drug-likeness (QED) is 0.233. The fourth-order valence-corrected chi connectivity index (χ4v) is 5.07. The van der Waals surface area contributed by atoms with Gasteiger partial charge in [-0.2, -0.15) is 9.90 Å². The molecular weight excluding hydrogens is 508 g/mol. The first kappa shape index (κ1) is 22.6. The van der Waals surface area contributed by atoms with Crippen molar-refractivity contribution >= 4 is 27.7 Å². The average Bonchev–Trinajstić information content (AvgIpc) is 3.47. The highest BCUT2D eigenvalue weighted by atomic mass is 79.9. The van der Waals surface area contributed by atoms with E-state index in [0.29, 0.717) is 12.4 Å². The van der Waals surface area contributed by atoms with E-state index >= 15 is 0 Å². The largest absolute Gasteiger partial charge is 0.226 e. The average molecular weight is 531 g/mol. The molecule has 0 unspecified atom stereocenters. The summed E-state index contributed by atoms with van der Waals surface area (Å²) in [5, 5.41) is 19.1. The highest BCUT2D eigenvalue weighted by Gasteiger charge is 2.20. The number of aryl methyl sites for hydroxylation is 2. The topological polar surface area (TPSA) is 61.4 Å². The Morgan fingerprint density at radius 3 is 2.47 bits per heavy atom. The Morgan fingerprint density at radius 1 is 0.912 bits per heavy atom. The number of tetrazole rings is 1. The molecule has 170 valence electrons. The molecular formula is C26H23BrN6S. The highest BCUT2D eigenvalue weighted by molar-refractivity contribution is 9.10. The Hall–Kier alpha value is -3.23. The highest BCUT2D eigenvalue weighted by Crippen LogP contribution is 2.34. The predicted molar refractivity (Wildman–Crippen MR) is 139 cm³/mol. The van der Waals surface area contributed by atoms with Crippen molar-refractivity contribution in [2.24, 2.45) is 0 Å². The van der Waals surface area contributed by atoms with Crippen molar-refractivity contribution in [3.63, 3.8) is 0 Å². The SMILES string of the molecule is Cc1ccc(-n2ncc(-c3nnn(Cc4ccc(Br)cc4)n3)c2SCc2ccccc2)c(C)c1. The minimum absolute atomic E-state index is 0.554. The summed E-state index contributed by atoms with van der Waals surface area (Å²) >= 11 is 5.20. The van der Waals surface area contributed by atoms with Crippen LogP contribution in [0, 0.1) is 13.8 Å². The second kappa shape index (κ2) is 9.95. The van der Waals surface area contributed by atoms with Gasteiger partial charge >= 0.3 is 0 Å². The molecule has 8 heteroatoms. The third-order valence-corrected chi connectivity index (χ3v) is 7.13. The number of thioether (sulfide) groups is 1. The normalized spacial score (nSPS) is 11.1. The van der Waals surface area contributed by atoms with Gasteiger partial charge in [0.15, 0.2) is 0 Å². The second-order valence-corrected chi connectivity index (χ2v) is 9.99. The van der Waals surface area contributed by atoms with E-state index in [2.05, 4.69) is 87.7 Å². The summed E-state index contributed by atoms with van der Waals surface area (Å²) in [5.41, 5.74) is 6.68. The van der Waals surface area contributed by atoms with Crippen LogP contribution in [0.1, 0.15) is 22.3 Å². The Morgan fingerprint density at radius 2 is 1.71 bits per heavy atom. The summed E-state index contributed by atoms with van der Waals surface area (Å²) in [6.07, 6.45) is 1.84. The van der Waals surface area contributed by atoms with Crippen molar-refractivity contribution in [1.29, 1.82) is 0 Å². The van der Waals surface area contributed by atoms with Gasteiger partial charge in [0.05, 0.1) is 24.0 Å². The van der Waals surface area contributed by atoms with Crippen molar-refractivity contribution in [2.75, 3.05) is 0 Å². The molecule has 0 N–H and O–H groups in total. The molecule has 0 atom stereocenters. The second-order valence-electron chi connectivity index (χ2n) is 8.11. The van der Waals surface area contributed by atoms with Crippen LogP contribution in [0.5, 0.6) is 0 Å². The lowest BCUT2D eigenvalue weighted by Gasteiger charge is -2.12. The van der Waals surface area contributed by atoms with Gasteiger partial charge in [-0.3, -0.25) is 0 Å². The standard InChI is InChI=1S/C26H23BrN6S/c1-18-8-13-24(19(2)14-18)33-26(34-17-21-6-4-3-5-7-21)23(15-28-33)25-29-31-32(30-25)16-20-9-11-22(27)12-10-20/h3-15H,16-17H2,1-2H3. The molecule has 0 bridgehead atoms. The Kier molecular flexibility index (Phi) is 6.60. The molecule has 5 aromatic rings. The molecule has 2 aromatic heterocycles. The molecule has 0 radical (unpaired) electrons. The van der Waals surface area contributed by atoms with Crippen LogP contribution in [0.2, 0.25) is 0 Å². The van der Waals surface area contributed by atoms with Gasteiger partial charge in [0.1, 0.15) is 5.03 Å². The molecule has 34 heavy (non-hydrogen) atoms. The number of hydrogen-bond acceptors (Lipinski definition) is 5. The minimum atomic E-state index is 0.554. The van der Waals surface area contributed by atoms with Crippen molar-refractivity contribution < 1.29 is 0 Å². The molecule has 0 aliphatic rings. The van der Waals surface area contributed by atoms with Gasteiger partial charge in [-0.25, -0.2) is 4.68 Å². The number of benzene rings is 3. The first-order valence-corrected chi connectivity index (χ1v) is 12.7. The lowest BCUT2D eigenvalue weighted by Crippen LogP contribution is -2.04. The first-order valence-electron chi connectivity index (χ1n) is 10.9. The number of aromatic nitrogens is 6. The van der Waals surface area contributed by atoms with E-state index in [1.807, 2.05) is 41.2 Å². The van der Waals surface area contributed by atoms with Gasteiger partial charge in [-0.15, -0.1) is 22.0 Å². The molecule has 6 nitrogen and oxygen atoms in total. The van der Waals surface area contributed by atoms with Crippen LogP contribution in [0.25, 0.3) is 17.1 Å². The van der Waals surface area contributed by atoms with E-state index in [1.54, 1.807) is 16.6 Å². The van der Waals surface area contributed by atoms with Gasteiger partial charge in [0.2, 0.25) is 5.82 Å². The molecule has 0 aliphatic heterocycles. The van der Waals surface area contributed by atoms with Gasteiger partial charge in [0, 0.05) is 10.2 Å². The third-order valence-electron chi connectivity index (χ3n) is 5.45. The maximum absolute atomic E-state index is 4.74. The van der Waals surface area contributed by atoms with Gasteiger partial charge < -0.3 is 0 Å². The maximum atomic E-state index is 4.74. The predicted octanol–water partition coefficient (Wildman–Crippen LogP) is 6.25. The summed E-state index contributed by atoms with van der Waals surface area (Å²) < 4.78 is 3.04. The molecule has 0 spiro atoms. The molecule has 0 saturated heterocycles. The van der Waals surface area contributed by atoms with E-state index in [-0.39, 0.29) is 0 Å². The fraction of sp³-hybridized carbons (Fsp3) is 0.154. The van der Waals surface area contributed by atoms with Crippen LogP contribution in [0.3, 0.4) is 0 Å². The zero-order valence-corrected chi connectivity index (χ0v) is 21.3. The van der Waals surface area contributed by atoms with E-state index < -0.39 is 0 Å². The molecule has 0 aliphatic carbocycles. The van der Waals surface area contributed by atoms with Crippen LogP contribution >= 0.6 is 27.7 Å². The van der Waals surface area contributed by atoms with E-state index in [9.17, 15) is 0 Å². The van der Waals surface area contributed by atoms with E-state index in [1.165, 1.54) is 16.7 Å². The van der Waals surface area contributed by atoms with Crippen LogP contribution in [0.4, 0.5) is 0 Å². The summed E-state index contributed by atoms with van der Waals surface area (Å²) in [4.78, 5) is 1.62. The molecule has 0 fully saturated rings. The number of hydrogen-bond donors (Lipinski definition) is 0. The smallest absolute Gasteiger partial charge is 0.209 e. The van der Waals surface area contributed by atoms with E-state index in [0.717, 1.165) is 32.1 Å². The van der Waals surface area contributed by atoms with Crippen molar-refractivity contribution in [2.45, 2.75) is 31.2 Å². The minimum Gasteiger partial charge on any atom is -0.226 e. The van der Waals surface area contributed by atoms with Crippen LogP contribution in [-0.2, 0) is 12.3 Å². The van der Waals surface area contributed by atoms with Crippen LogP contribution in [-0.4, -0.2) is 30.0 Å². The summed E-state index contributed by atoms with van der Waals surface area (Å²) in [6.45, 7) is 4.77. The van der Waals surface area contributed by atoms with Gasteiger partial charge in [0.25, 0.3) is 0 Å². The summed E-state index contributed by atoms with van der Waals surface area (Å²) in [7, 11) is 0. The Labute approximate surface area is 211 Å². The maximum Gasteiger partial charge on any atom is 0.209 e. The fourth-order valence-electron chi connectivity index (χ4n) is 3.74. The zero-order valence-electron chi connectivity index (χ0n) is 18.9. The van der Waals surface area contributed by atoms with Gasteiger partial charge in [-0.1, -0.05) is 76.1 Å². The van der Waals surface area contributed by atoms with Crippen LogP contribution < -0.4 is 0 Å². The summed E-state index contributed by atoms with van der Waals surface area (Å²) in [5.74, 6) is 1.39. The molecule has 5 rings (SSSR count). The molecule has 3 aromatic carbocycles. The zero-order chi connectivity index (χ0) is 23.5. The molecule has 2 heterocycles. The van der Waals surface area contributed by atoms with Crippen molar-refractivity contribution in [3.05, 3.63) is 106 Å². The van der Waals surface area contributed by atoms with Crippen molar-refractivity contribution in [1.82, 2.24) is 30.0 Å². The lowest BCUT2D eigenvalue weighted by atomic mass is 10.1. The first-order chi connectivity index (χ1) is 16.6. The lowest BCUT2D eigenvalue weighted by molar-refractivity contribution is 0.573. The number of rotatable bonds is 7.